The predicted octanol–water partition coefficient (Wildman–Crippen LogP) is 3.68. The highest BCUT2D eigenvalue weighted by molar-refractivity contribution is 7.71. The van der Waals surface area contributed by atoms with Crippen molar-refractivity contribution >= 4 is 23.6 Å². The third-order valence-corrected chi connectivity index (χ3v) is 3.97. The lowest BCUT2D eigenvalue weighted by Gasteiger charge is -1.89. The van der Waals surface area contributed by atoms with Gasteiger partial charge >= 0.3 is 0 Å². The second-order valence-corrected chi connectivity index (χ2v) is 5.16. The maximum absolute atomic E-state index is 5.00. The van der Waals surface area contributed by atoms with Gasteiger partial charge in [0.05, 0.1) is 10.6 Å². The Morgan fingerprint density at radius 1 is 1.36 bits per heavy atom. The minimum atomic E-state index is 0.696. The maximum Gasteiger partial charge on any atom is 0.174 e. The van der Waals surface area contributed by atoms with Crippen LogP contribution in [0.4, 0.5) is 0 Å². The van der Waals surface area contributed by atoms with E-state index in [-0.39, 0.29) is 0 Å². The van der Waals surface area contributed by atoms with Gasteiger partial charge in [-0.25, -0.2) is 0 Å². The predicted molar refractivity (Wildman–Crippen MR) is 61.3 cm³/mol. The van der Waals surface area contributed by atoms with E-state index in [4.69, 9.17) is 12.2 Å². The second-order valence-electron chi connectivity index (χ2n) is 3.63. The van der Waals surface area contributed by atoms with Crippen LogP contribution in [-0.4, -0.2) is 9.97 Å². The van der Waals surface area contributed by atoms with Gasteiger partial charge in [0, 0.05) is 11.1 Å². The lowest BCUT2D eigenvalue weighted by atomic mass is 10.3. The number of thiophene rings is 1. The molecule has 14 heavy (non-hydrogen) atoms. The lowest BCUT2D eigenvalue weighted by molar-refractivity contribution is 1.18. The molecular formula is C10H10N2S2. The Morgan fingerprint density at radius 3 is 2.86 bits per heavy atom. The maximum atomic E-state index is 5.00. The summed E-state index contributed by atoms with van der Waals surface area (Å²) in [5.74, 6) is 0.843. The van der Waals surface area contributed by atoms with E-state index < -0.39 is 0 Å². The first-order chi connectivity index (χ1) is 6.83. The number of imidazole rings is 1. The number of nitrogens with one attached hydrogen (secondary N) is 2. The van der Waals surface area contributed by atoms with Crippen molar-refractivity contribution < 1.29 is 0 Å². The molecule has 2 aromatic rings. The molecule has 0 aliphatic heterocycles. The normalized spacial score (nSPS) is 16.0. The van der Waals surface area contributed by atoms with E-state index >= 15 is 0 Å². The van der Waals surface area contributed by atoms with E-state index in [0.717, 1.165) is 11.6 Å². The largest absolute Gasteiger partial charge is 0.337 e. The molecule has 0 amide bonds. The van der Waals surface area contributed by atoms with E-state index in [2.05, 4.69) is 22.1 Å². The molecule has 1 aliphatic rings. The third-order valence-electron chi connectivity index (χ3n) is 2.47. The molecular weight excluding hydrogens is 212 g/mol. The van der Waals surface area contributed by atoms with Crippen molar-refractivity contribution in [1.29, 1.82) is 0 Å². The molecule has 3 rings (SSSR count). The van der Waals surface area contributed by atoms with Gasteiger partial charge in [-0.1, -0.05) is 0 Å². The molecule has 72 valence electrons. The Bertz CT molecular complexity index is 502. The van der Waals surface area contributed by atoms with Crippen molar-refractivity contribution in [2.24, 2.45) is 0 Å². The van der Waals surface area contributed by atoms with Crippen LogP contribution in [0.2, 0.25) is 0 Å². The molecule has 2 N–H and O–H groups in total. The van der Waals surface area contributed by atoms with E-state index in [0.29, 0.717) is 4.77 Å². The van der Waals surface area contributed by atoms with E-state index in [1.165, 1.54) is 22.6 Å². The Labute approximate surface area is 91.0 Å². The smallest absolute Gasteiger partial charge is 0.174 e. The number of rotatable bonds is 2. The topological polar surface area (TPSA) is 31.6 Å². The van der Waals surface area contributed by atoms with Crippen LogP contribution in [0.1, 0.15) is 23.6 Å². The molecule has 2 nitrogen and oxygen atoms in total. The molecule has 0 radical (unpaired) electrons. The molecule has 0 spiro atoms. The molecule has 0 bridgehead atoms. The molecule has 0 atom stereocenters. The van der Waals surface area contributed by atoms with Crippen LogP contribution >= 0.6 is 23.6 Å². The van der Waals surface area contributed by atoms with Gasteiger partial charge in [0.1, 0.15) is 0 Å². The van der Waals surface area contributed by atoms with Crippen LogP contribution in [0.5, 0.6) is 0 Å². The summed E-state index contributed by atoms with van der Waals surface area (Å²) in [7, 11) is 0. The number of hydrogen-bond donors (Lipinski definition) is 2. The van der Waals surface area contributed by atoms with Crippen molar-refractivity contribution in [2.75, 3.05) is 0 Å². The summed E-state index contributed by atoms with van der Waals surface area (Å²) in [6, 6.07) is 4.41. The van der Waals surface area contributed by atoms with Crippen LogP contribution in [-0.2, 0) is 0 Å². The summed E-state index contributed by atoms with van der Waals surface area (Å²) in [5, 5.41) is 0. The van der Waals surface area contributed by atoms with Crippen LogP contribution < -0.4 is 0 Å². The summed E-state index contributed by atoms with van der Waals surface area (Å²) < 4.78 is 0.696. The van der Waals surface area contributed by atoms with Gasteiger partial charge < -0.3 is 9.97 Å². The van der Waals surface area contributed by atoms with Crippen LogP contribution in [0, 0.1) is 4.77 Å². The minimum absolute atomic E-state index is 0.696. The highest BCUT2D eigenvalue weighted by Gasteiger charge is 2.25. The van der Waals surface area contributed by atoms with Gasteiger partial charge in [-0.3, -0.25) is 0 Å². The summed E-state index contributed by atoms with van der Waals surface area (Å²) in [6.45, 7) is 0. The van der Waals surface area contributed by atoms with Crippen LogP contribution in [0.3, 0.4) is 0 Å². The van der Waals surface area contributed by atoms with Gasteiger partial charge in [-0.15, -0.1) is 11.3 Å². The summed E-state index contributed by atoms with van der Waals surface area (Å²) in [5.41, 5.74) is 1.10. The van der Waals surface area contributed by atoms with Gasteiger partial charge in [0.2, 0.25) is 0 Å². The molecule has 4 heteroatoms. The first-order valence-electron chi connectivity index (χ1n) is 4.71. The number of aromatic amines is 2. The Balaban J connectivity index is 1.99. The Kier molecular flexibility index (Phi) is 1.85. The van der Waals surface area contributed by atoms with Crippen molar-refractivity contribution in [2.45, 2.75) is 18.8 Å². The SMILES string of the molecule is S=c1[nH]cc(-c2ccc(C3CC3)s2)[nH]1. The van der Waals surface area contributed by atoms with Crippen molar-refractivity contribution in [1.82, 2.24) is 9.97 Å². The van der Waals surface area contributed by atoms with Gasteiger partial charge in [-0.2, -0.15) is 0 Å². The third kappa shape index (κ3) is 1.44. The monoisotopic (exact) mass is 222 g/mol. The number of hydrogen-bond acceptors (Lipinski definition) is 2. The molecule has 1 fully saturated rings. The zero-order valence-electron chi connectivity index (χ0n) is 7.54. The van der Waals surface area contributed by atoms with Crippen LogP contribution in [0.25, 0.3) is 10.6 Å². The van der Waals surface area contributed by atoms with E-state index in [1.807, 2.05) is 17.5 Å². The number of H-pyrrole nitrogens is 2. The Hall–Kier alpha value is -0.870. The van der Waals surface area contributed by atoms with Crippen molar-refractivity contribution in [3.63, 3.8) is 0 Å². The van der Waals surface area contributed by atoms with Crippen molar-refractivity contribution in [3.8, 4) is 10.6 Å². The fraction of sp³-hybridized carbons (Fsp3) is 0.300. The van der Waals surface area contributed by atoms with Gasteiger partial charge in [0.25, 0.3) is 0 Å². The quantitative estimate of drug-likeness (QED) is 0.746. The number of aromatic nitrogens is 2. The molecule has 0 saturated heterocycles. The average molecular weight is 222 g/mol. The Morgan fingerprint density at radius 2 is 2.21 bits per heavy atom. The highest BCUT2D eigenvalue weighted by Crippen LogP contribution is 2.44. The molecule has 0 unspecified atom stereocenters. The molecule has 1 saturated carbocycles. The lowest BCUT2D eigenvalue weighted by Crippen LogP contribution is -1.68. The zero-order chi connectivity index (χ0) is 9.54. The van der Waals surface area contributed by atoms with Gasteiger partial charge in [-0.05, 0) is 43.1 Å². The molecule has 1 aliphatic carbocycles. The van der Waals surface area contributed by atoms with E-state index in [9.17, 15) is 0 Å². The first-order valence-corrected chi connectivity index (χ1v) is 5.93. The highest BCUT2D eigenvalue weighted by atomic mass is 32.1. The second kappa shape index (κ2) is 3.07. The molecule has 0 aromatic carbocycles. The van der Waals surface area contributed by atoms with Crippen LogP contribution in [0.15, 0.2) is 18.3 Å². The summed E-state index contributed by atoms with van der Waals surface area (Å²) in [6.07, 6.45) is 4.66. The van der Waals surface area contributed by atoms with E-state index in [1.54, 1.807) is 0 Å². The fourth-order valence-corrected chi connectivity index (χ4v) is 2.87. The first kappa shape index (κ1) is 8.44. The zero-order valence-corrected chi connectivity index (χ0v) is 9.17. The molecule has 2 aromatic heterocycles. The summed E-state index contributed by atoms with van der Waals surface area (Å²) in [4.78, 5) is 8.91. The van der Waals surface area contributed by atoms with Gasteiger partial charge in [0.15, 0.2) is 4.77 Å². The van der Waals surface area contributed by atoms with Crippen molar-refractivity contribution in [3.05, 3.63) is 28.0 Å². The summed E-state index contributed by atoms with van der Waals surface area (Å²) >= 11 is 6.87. The minimum Gasteiger partial charge on any atom is -0.337 e. The fourth-order valence-electron chi connectivity index (χ4n) is 1.55. The molecule has 2 heterocycles. The standard InChI is InChI=1S/C10H10N2S2/c13-10-11-5-7(12-10)9-4-3-8(14-9)6-1-2-6/h3-6H,1-2H2,(H2,11,12,13). The average Bonchev–Trinajstić information content (AvgIpc) is 2.76.